The summed E-state index contributed by atoms with van der Waals surface area (Å²) in [7, 11) is 0. The van der Waals surface area contributed by atoms with E-state index in [1.807, 2.05) is 6.07 Å². The molecular weight excluding hydrogens is 314 g/mol. The van der Waals surface area contributed by atoms with Crippen LogP contribution in [0.5, 0.6) is 5.75 Å². The molecule has 2 rings (SSSR count). The molecule has 0 saturated carbocycles. The highest BCUT2D eigenvalue weighted by Crippen LogP contribution is 2.27. The van der Waals surface area contributed by atoms with Crippen molar-refractivity contribution in [1.82, 2.24) is 4.98 Å². The number of ether oxygens (including phenoxy) is 2. The van der Waals surface area contributed by atoms with Crippen molar-refractivity contribution in [3.8, 4) is 11.8 Å². The van der Waals surface area contributed by atoms with Gasteiger partial charge >= 0.3 is 5.97 Å². The maximum absolute atomic E-state index is 12.2. The predicted molar refractivity (Wildman–Crippen MR) is 88.3 cm³/mol. The molecule has 2 aromatic rings. The van der Waals surface area contributed by atoms with Crippen molar-refractivity contribution >= 4 is 27.5 Å². The van der Waals surface area contributed by atoms with Gasteiger partial charge < -0.3 is 15.2 Å². The number of nitrogens with zero attached hydrogens (tertiary/aromatic N) is 2. The molecule has 1 unspecified atom stereocenters. The molecular formula is C16H19N3O3S. The van der Waals surface area contributed by atoms with Crippen LogP contribution in [-0.2, 0) is 9.53 Å². The minimum Gasteiger partial charge on any atom is -0.479 e. The van der Waals surface area contributed by atoms with Crippen LogP contribution in [0.15, 0.2) is 18.2 Å². The van der Waals surface area contributed by atoms with Gasteiger partial charge in [-0.05, 0) is 45.5 Å². The summed E-state index contributed by atoms with van der Waals surface area (Å²) in [6.45, 7) is 5.72. The van der Waals surface area contributed by atoms with Crippen molar-refractivity contribution in [3.63, 3.8) is 0 Å². The molecule has 6 nitrogen and oxygen atoms in total. The molecule has 1 heterocycles. The molecule has 23 heavy (non-hydrogen) atoms. The van der Waals surface area contributed by atoms with Crippen LogP contribution in [-0.4, -0.2) is 29.2 Å². The van der Waals surface area contributed by atoms with E-state index >= 15 is 0 Å². The third-order valence-electron chi connectivity index (χ3n) is 2.83. The molecule has 0 bridgehead atoms. The Kier molecular flexibility index (Phi) is 5.19. The van der Waals surface area contributed by atoms with E-state index in [0.717, 1.165) is 10.2 Å². The number of hydrogen-bond acceptors (Lipinski definition) is 7. The van der Waals surface area contributed by atoms with E-state index in [2.05, 4.69) is 4.98 Å². The van der Waals surface area contributed by atoms with E-state index in [4.69, 9.17) is 20.5 Å². The Morgan fingerprint density at radius 3 is 2.83 bits per heavy atom. The maximum atomic E-state index is 12.2. The van der Waals surface area contributed by atoms with Crippen molar-refractivity contribution in [3.05, 3.63) is 23.2 Å². The maximum Gasteiger partial charge on any atom is 0.347 e. The van der Waals surface area contributed by atoms with Gasteiger partial charge in [0, 0.05) is 6.42 Å². The Morgan fingerprint density at radius 2 is 2.22 bits per heavy atom. The third kappa shape index (κ3) is 4.65. The van der Waals surface area contributed by atoms with Gasteiger partial charge in [0.15, 0.2) is 11.1 Å². The zero-order valence-electron chi connectivity index (χ0n) is 13.3. The predicted octanol–water partition coefficient (Wildman–Crippen LogP) is 2.61. The van der Waals surface area contributed by atoms with Crippen LogP contribution in [0.3, 0.4) is 0 Å². The number of nitrogens with two attached hydrogens (primary N) is 1. The summed E-state index contributed by atoms with van der Waals surface area (Å²) in [5.41, 5.74) is 5.71. The van der Waals surface area contributed by atoms with Crippen LogP contribution in [0.1, 0.15) is 32.2 Å². The molecule has 1 atom stereocenters. The second-order valence-electron chi connectivity index (χ2n) is 5.98. The van der Waals surface area contributed by atoms with Gasteiger partial charge in [-0.15, -0.1) is 11.3 Å². The van der Waals surface area contributed by atoms with E-state index in [1.54, 1.807) is 39.0 Å². The van der Waals surface area contributed by atoms with Gasteiger partial charge in [-0.1, -0.05) is 0 Å². The lowest BCUT2D eigenvalue weighted by Gasteiger charge is -2.24. The number of benzene rings is 1. The van der Waals surface area contributed by atoms with Crippen LogP contribution in [0, 0.1) is 11.3 Å². The lowest BCUT2D eigenvalue weighted by atomic mass is 10.2. The number of carbonyl (C=O) groups is 1. The summed E-state index contributed by atoms with van der Waals surface area (Å²) in [5, 5.41) is 9.29. The molecule has 122 valence electrons. The Morgan fingerprint density at radius 1 is 1.48 bits per heavy atom. The number of carbonyl (C=O) groups excluding carboxylic acids is 1. The lowest BCUT2D eigenvalue weighted by molar-refractivity contribution is -0.163. The molecule has 1 aromatic heterocycles. The van der Waals surface area contributed by atoms with E-state index < -0.39 is 17.7 Å². The van der Waals surface area contributed by atoms with E-state index in [-0.39, 0.29) is 0 Å². The fourth-order valence-electron chi connectivity index (χ4n) is 1.93. The second-order valence-corrected chi connectivity index (χ2v) is 7.01. The normalized spacial score (nSPS) is 12.7. The molecule has 0 aliphatic rings. The number of rotatable bonds is 5. The summed E-state index contributed by atoms with van der Waals surface area (Å²) in [5.74, 6) is 0.0833. The highest BCUT2D eigenvalue weighted by atomic mass is 32.1. The van der Waals surface area contributed by atoms with Crippen molar-refractivity contribution in [2.24, 2.45) is 5.73 Å². The lowest BCUT2D eigenvalue weighted by Crippen LogP contribution is -2.36. The Hall–Kier alpha value is -2.17. The quantitative estimate of drug-likeness (QED) is 0.845. The molecule has 0 amide bonds. The number of thiazole rings is 1. The summed E-state index contributed by atoms with van der Waals surface area (Å²) in [6.07, 6.45) is -0.404. The Balaban J connectivity index is 2.19. The first-order chi connectivity index (χ1) is 10.8. The topological polar surface area (TPSA) is 98.2 Å². The van der Waals surface area contributed by atoms with E-state index in [9.17, 15) is 4.79 Å². The molecule has 2 N–H and O–H groups in total. The van der Waals surface area contributed by atoms with Crippen molar-refractivity contribution in [2.45, 2.75) is 38.9 Å². The van der Waals surface area contributed by atoms with Gasteiger partial charge in [-0.25, -0.2) is 9.78 Å². The summed E-state index contributed by atoms with van der Waals surface area (Å²) < 4.78 is 11.9. The highest BCUT2D eigenvalue weighted by molar-refractivity contribution is 7.19. The second kappa shape index (κ2) is 6.94. The van der Waals surface area contributed by atoms with Gasteiger partial charge in [0.1, 0.15) is 17.4 Å². The van der Waals surface area contributed by atoms with E-state index in [1.165, 1.54) is 11.3 Å². The molecule has 0 radical (unpaired) electrons. The first-order valence-corrected chi connectivity index (χ1v) is 8.04. The van der Waals surface area contributed by atoms with Gasteiger partial charge in [0.2, 0.25) is 0 Å². The summed E-state index contributed by atoms with van der Waals surface area (Å²) in [4.78, 5) is 16.4. The van der Waals surface area contributed by atoms with Crippen LogP contribution >= 0.6 is 11.3 Å². The summed E-state index contributed by atoms with van der Waals surface area (Å²) >= 11 is 1.28. The molecule has 0 fully saturated rings. The fourth-order valence-corrected chi connectivity index (χ4v) is 2.73. The van der Waals surface area contributed by atoms with Gasteiger partial charge in [0.05, 0.1) is 10.2 Å². The number of esters is 1. The van der Waals surface area contributed by atoms with Crippen LogP contribution in [0.25, 0.3) is 10.2 Å². The highest BCUT2D eigenvalue weighted by Gasteiger charge is 2.26. The first-order valence-electron chi connectivity index (χ1n) is 7.22. The van der Waals surface area contributed by atoms with E-state index in [0.29, 0.717) is 23.7 Å². The van der Waals surface area contributed by atoms with Crippen LogP contribution < -0.4 is 10.5 Å². The number of nitriles is 1. The average Bonchev–Trinajstić information content (AvgIpc) is 2.87. The van der Waals surface area contributed by atoms with Crippen LogP contribution in [0.4, 0.5) is 0 Å². The minimum atomic E-state index is -0.764. The van der Waals surface area contributed by atoms with Gasteiger partial charge in [0.25, 0.3) is 0 Å². The average molecular weight is 333 g/mol. The summed E-state index contributed by atoms with van der Waals surface area (Å²) in [6, 6.07) is 7.26. The number of hydrogen-bond donors (Lipinski definition) is 1. The Labute approximate surface area is 138 Å². The van der Waals surface area contributed by atoms with Crippen molar-refractivity contribution < 1.29 is 14.3 Å². The SMILES string of the molecule is CC(C)(C)OC(=O)C(CCN)Oc1ccc2nc(C#N)sc2c1. The van der Waals surface area contributed by atoms with Gasteiger partial charge in [-0.3, -0.25) is 0 Å². The van der Waals surface area contributed by atoms with Crippen LogP contribution in [0.2, 0.25) is 0 Å². The Bertz CT molecular complexity index is 743. The molecule has 7 heteroatoms. The molecule has 0 spiro atoms. The first kappa shape index (κ1) is 17.2. The fraction of sp³-hybridized carbons (Fsp3) is 0.438. The molecule has 1 aromatic carbocycles. The molecule has 0 saturated heterocycles. The zero-order chi connectivity index (χ0) is 17.0. The van der Waals surface area contributed by atoms with Crippen molar-refractivity contribution in [1.29, 1.82) is 5.26 Å². The standard InChI is InChI=1S/C16H19N3O3S/c1-16(2,3)22-15(20)12(6-7-17)21-10-4-5-11-13(8-10)23-14(9-18)19-11/h4-5,8,12H,6-7,17H2,1-3H3. The number of fused-ring (bicyclic) bond motifs is 1. The zero-order valence-corrected chi connectivity index (χ0v) is 14.1. The molecule has 0 aliphatic heterocycles. The van der Waals surface area contributed by atoms with Gasteiger partial charge in [-0.2, -0.15) is 5.26 Å². The third-order valence-corrected chi connectivity index (χ3v) is 3.76. The smallest absolute Gasteiger partial charge is 0.347 e. The van der Waals surface area contributed by atoms with Crippen molar-refractivity contribution in [2.75, 3.05) is 6.54 Å². The minimum absolute atomic E-state index is 0.311. The monoisotopic (exact) mass is 333 g/mol. The molecule has 0 aliphatic carbocycles. The largest absolute Gasteiger partial charge is 0.479 e. The number of aromatic nitrogens is 1.